The van der Waals surface area contributed by atoms with E-state index < -0.39 is 0 Å². The third-order valence-corrected chi connectivity index (χ3v) is 7.07. The maximum Gasteiger partial charge on any atom is 0.254 e. The summed E-state index contributed by atoms with van der Waals surface area (Å²) in [5.41, 5.74) is 9.11. The Morgan fingerprint density at radius 2 is 1.95 bits per heavy atom. The molecule has 0 saturated carbocycles. The van der Waals surface area contributed by atoms with Crippen LogP contribution < -0.4 is 5.32 Å². The second-order valence-corrected chi connectivity index (χ2v) is 9.78. The van der Waals surface area contributed by atoms with Gasteiger partial charge in [0.05, 0.1) is 28.8 Å². The number of carbonyl (C=O) groups excluding carboxylic acids is 1. The molecule has 4 aromatic rings. The summed E-state index contributed by atoms with van der Waals surface area (Å²) in [7, 11) is 7.50. The second-order valence-electron chi connectivity index (χ2n) is 9.78. The van der Waals surface area contributed by atoms with Crippen molar-refractivity contribution in [3.63, 3.8) is 0 Å². The summed E-state index contributed by atoms with van der Waals surface area (Å²) in [6.45, 7) is 4.66. The van der Waals surface area contributed by atoms with Gasteiger partial charge < -0.3 is 14.8 Å². The van der Waals surface area contributed by atoms with Gasteiger partial charge in [-0.25, -0.2) is 4.98 Å². The Bertz CT molecular complexity index is 1480. The smallest absolute Gasteiger partial charge is 0.254 e. The van der Waals surface area contributed by atoms with Crippen molar-refractivity contribution in [1.82, 2.24) is 29.3 Å². The Balaban J connectivity index is 1.34. The predicted octanol–water partition coefficient (Wildman–Crippen LogP) is 4.37. The quantitative estimate of drug-likeness (QED) is 0.428. The summed E-state index contributed by atoms with van der Waals surface area (Å²) >= 11 is 0. The molecule has 5 rings (SSSR count). The minimum absolute atomic E-state index is 0.0238. The molecule has 0 bridgehead atoms. The van der Waals surface area contributed by atoms with Gasteiger partial charge in [0.1, 0.15) is 5.65 Å². The number of hydrogen-bond donors (Lipinski definition) is 1. The van der Waals surface area contributed by atoms with E-state index in [-0.39, 0.29) is 5.91 Å². The number of nitrogens with zero attached hydrogens (tertiary/aromatic N) is 6. The van der Waals surface area contributed by atoms with Crippen molar-refractivity contribution in [1.29, 1.82) is 0 Å². The molecule has 37 heavy (non-hydrogen) atoms. The molecule has 0 fully saturated rings. The number of fused-ring (bicyclic) bond motifs is 1. The van der Waals surface area contributed by atoms with E-state index in [0.29, 0.717) is 5.56 Å². The SMILES string of the molecule is CNc1ccc(-c2ccnc3c2cc(CN2CC=C(c4ncc(C(=O)N(C)C)cc4C)CC2)n3C)nc1. The Kier molecular flexibility index (Phi) is 6.76. The number of pyridine rings is 3. The Hall–Kier alpha value is -4.04. The molecule has 190 valence electrons. The number of hydrogen-bond acceptors (Lipinski definition) is 6. The highest BCUT2D eigenvalue weighted by Crippen LogP contribution is 2.30. The zero-order chi connectivity index (χ0) is 26.1. The third-order valence-electron chi connectivity index (χ3n) is 7.07. The van der Waals surface area contributed by atoms with Crippen LogP contribution in [0.1, 0.15) is 33.7 Å². The molecule has 0 radical (unpaired) electrons. The molecule has 4 aromatic heterocycles. The zero-order valence-electron chi connectivity index (χ0n) is 22.1. The highest BCUT2D eigenvalue weighted by molar-refractivity contribution is 5.94. The van der Waals surface area contributed by atoms with E-state index in [1.807, 2.05) is 50.6 Å². The number of rotatable bonds is 6. The van der Waals surface area contributed by atoms with E-state index >= 15 is 0 Å². The molecule has 1 aliphatic rings. The van der Waals surface area contributed by atoms with Crippen LogP contribution >= 0.6 is 0 Å². The number of nitrogens with one attached hydrogen (secondary N) is 1. The normalized spacial score (nSPS) is 14.0. The average Bonchev–Trinajstić information content (AvgIpc) is 3.23. The molecule has 1 amide bonds. The minimum atomic E-state index is -0.0238. The van der Waals surface area contributed by atoms with E-state index in [1.54, 1.807) is 25.2 Å². The van der Waals surface area contributed by atoms with Gasteiger partial charge in [-0.3, -0.25) is 19.7 Å². The van der Waals surface area contributed by atoms with Gasteiger partial charge in [0.25, 0.3) is 5.91 Å². The van der Waals surface area contributed by atoms with Crippen LogP contribution in [0.15, 0.2) is 55.0 Å². The highest BCUT2D eigenvalue weighted by Gasteiger charge is 2.19. The van der Waals surface area contributed by atoms with Crippen LogP contribution in [0.3, 0.4) is 0 Å². The van der Waals surface area contributed by atoms with Crippen molar-refractivity contribution in [2.75, 3.05) is 39.5 Å². The molecule has 0 unspecified atom stereocenters. The van der Waals surface area contributed by atoms with Crippen molar-refractivity contribution in [2.45, 2.75) is 19.9 Å². The molecule has 0 aromatic carbocycles. The number of aromatic nitrogens is 4. The fourth-order valence-corrected chi connectivity index (χ4v) is 4.93. The van der Waals surface area contributed by atoms with E-state index in [2.05, 4.69) is 48.9 Å². The fourth-order valence-electron chi connectivity index (χ4n) is 4.93. The molecule has 0 aliphatic carbocycles. The second kappa shape index (κ2) is 10.1. The lowest BCUT2D eigenvalue weighted by Crippen LogP contribution is -2.29. The van der Waals surface area contributed by atoms with E-state index in [0.717, 1.165) is 65.3 Å². The van der Waals surface area contributed by atoms with Crippen molar-refractivity contribution in [3.8, 4) is 11.3 Å². The number of amides is 1. The van der Waals surface area contributed by atoms with Crippen molar-refractivity contribution >= 4 is 28.2 Å². The largest absolute Gasteiger partial charge is 0.387 e. The molecule has 5 heterocycles. The standard InChI is InChI=1S/C29H33N7O/c1-19-14-21(29(37)34(3)4)16-33-27(19)20-9-12-36(13-10-20)18-23-15-25-24(8-11-31-28(25)35(23)5)26-7-6-22(30-2)17-32-26/h6-9,11,14-17,30H,10,12-13,18H2,1-5H3. The third kappa shape index (κ3) is 4.84. The van der Waals surface area contributed by atoms with Crippen LogP contribution in [0.4, 0.5) is 5.69 Å². The number of aryl methyl sites for hydroxylation is 2. The Labute approximate surface area is 217 Å². The first-order valence-corrected chi connectivity index (χ1v) is 12.5. The molecule has 0 atom stereocenters. The predicted molar refractivity (Wildman–Crippen MR) is 148 cm³/mol. The van der Waals surface area contributed by atoms with Gasteiger partial charge in [-0.05, 0) is 54.8 Å². The first kappa shape index (κ1) is 24.6. The van der Waals surface area contributed by atoms with Gasteiger partial charge >= 0.3 is 0 Å². The van der Waals surface area contributed by atoms with E-state index in [1.165, 1.54) is 11.3 Å². The number of anilines is 1. The van der Waals surface area contributed by atoms with Gasteiger partial charge in [-0.1, -0.05) is 6.08 Å². The summed E-state index contributed by atoms with van der Waals surface area (Å²) in [4.78, 5) is 30.3. The highest BCUT2D eigenvalue weighted by atomic mass is 16.2. The average molecular weight is 496 g/mol. The molecule has 8 heteroatoms. The van der Waals surface area contributed by atoms with Crippen LogP contribution in [-0.2, 0) is 13.6 Å². The molecule has 1 aliphatic heterocycles. The van der Waals surface area contributed by atoms with Gasteiger partial charge in [-0.2, -0.15) is 0 Å². The maximum absolute atomic E-state index is 12.3. The van der Waals surface area contributed by atoms with Crippen molar-refractivity contribution in [3.05, 3.63) is 77.5 Å². The first-order chi connectivity index (χ1) is 17.9. The molecular weight excluding hydrogens is 462 g/mol. The summed E-state index contributed by atoms with van der Waals surface area (Å²) in [5.74, 6) is -0.0238. The summed E-state index contributed by atoms with van der Waals surface area (Å²) in [5, 5.41) is 4.24. The van der Waals surface area contributed by atoms with Gasteiger partial charge in [0.15, 0.2) is 0 Å². The fraction of sp³-hybridized carbons (Fsp3) is 0.310. The lowest BCUT2D eigenvalue weighted by molar-refractivity contribution is 0.0827. The summed E-state index contributed by atoms with van der Waals surface area (Å²) < 4.78 is 2.19. The van der Waals surface area contributed by atoms with Crippen LogP contribution in [0.5, 0.6) is 0 Å². The van der Waals surface area contributed by atoms with Gasteiger partial charge in [0, 0.05) is 76.9 Å². The van der Waals surface area contributed by atoms with E-state index in [4.69, 9.17) is 0 Å². The van der Waals surface area contributed by atoms with Crippen LogP contribution in [-0.4, -0.2) is 69.5 Å². The minimum Gasteiger partial charge on any atom is -0.387 e. The molecule has 8 nitrogen and oxygen atoms in total. The van der Waals surface area contributed by atoms with Crippen LogP contribution in [0, 0.1) is 6.92 Å². The topological polar surface area (TPSA) is 79.2 Å². The molecule has 0 spiro atoms. The lowest BCUT2D eigenvalue weighted by Gasteiger charge is -2.26. The molecule has 1 N–H and O–H groups in total. The maximum atomic E-state index is 12.3. The zero-order valence-corrected chi connectivity index (χ0v) is 22.1. The van der Waals surface area contributed by atoms with Crippen LogP contribution in [0.25, 0.3) is 27.9 Å². The Morgan fingerprint density at radius 3 is 2.59 bits per heavy atom. The monoisotopic (exact) mass is 495 g/mol. The van der Waals surface area contributed by atoms with Crippen molar-refractivity contribution < 1.29 is 4.79 Å². The van der Waals surface area contributed by atoms with Gasteiger partial charge in [-0.15, -0.1) is 0 Å². The molecular formula is C29H33N7O. The summed E-state index contributed by atoms with van der Waals surface area (Å²) in [6, 6.07) is 10.3. The Morgan fingerprint density at radius 1 is 1.11 bits per heavy atom. The number of carbonyl (C=O) groups is 1. The van der Waals surface area contributed by atoms with Crippen LogP contribution in [0.2, 0.25) is 0 Å². The lowest BCUT2D eigenvalue weighted by atomic mass is 9.99. The summed E-state index contributed by atoms with van der Waals surface area (Å²) in [6.07, 6.45) is 8.60. The first-order valence-electron chi connectivity index (χ1n) is 12.5. The van der Waals surface area contributed by atoms with E-state index in [9.17, 15) is 4.79 Å². The van der Waals surface area contributed by atoms with Gasteiger partial charge in [0.2, 0.25) is 0 Å². The van der Waals surface area contributed by atoms with Crippen molar-refractivity contribution in [2.24, 2.45) is 7.05 Å². The molecule has 0 saturated heterocycles.